The van der Waals surface area contributed by atoms with Crippen molar-refractivity contribution in [3.05, 3.63) is 54.1 Å². The molecule has 2 aromatic rings. The van der Waals surface area contributed by atoms with E-state index in [-0.39, 0.29) is 30.7 Å². The van der Waals surface area contributed by atoms with Crippen LogP contribution >= 0.6 is 0 Å². The molecule has 27 heavy (non-hydrogen) atoms. The van der Waals surface area contributed by atoms with Gasteiger partial charge in [0.05, 0.1) is 25.8 Å². The van der Waals surface area contributed by atoms with Crippen LogP contribution in [0.5, 0.6) is 5.75 Å². The quantitative estimate of drug-likeness (QED) is 0.766. The molecule has 1 aliphatic heterocycles. The monoisotopic (exact) mass is 367 g/mol. The number of likely N-dealkylation sites (tertiary alicyclic amines) is 1. The molecule has 7 nitrogen and oxygen atoms in total. The lowest BCUT2D eigenvalue weighted by atomic mass is 10.2. The number of nitrogens with zero attached hydrogens (tertiary/aromatic N) is 1. The van der Waals surface area contributed by atoms with E-state index >= 15 is 0 Å². The first-order valence-corrected chi connectivity index (χ1v) is 8.58. The maximum atomic E-state index is 12.7. The number of anilines is 2. The van der Waals surface area contributed by atoms with Gasteiger partial charge in [0, 0.05) is 12.6 Å². The summed E-state index contributed by atoms with van der Waals surface area (Å²) in [6, 6.07) is 13.8. The molecule has 0 aliphatic carbocycles. The second-order valence-corrected chi connectivity index (χ2v) is 6.30. The third-order valence-corrected chi connectivity index (χ3v) is 4.28. The van der Waals surface area contributed by atoms with Gasteiger partial charge in [-0.2, -0.15) is 0 Å². The lowest BCUT2D eigenvalue weighted by Gasteiger charge is -2.18. The molecule has 7 heteroatoms. The van der Waals surface area contributed by atoms with Crippen molar-refractivity contribution in [2.45, 2.75) is 25.9 Å². The molecule has 1 saturated heterocycles. The van der Waals surface area contributed by atoms with Crippen LogP contribution in [0.15, 0.2) is 48.5 Å². The molecule has 140 valence electrons. The van der Waals surface area contributed by atoms with Crippen LogP contribution in [0.25, 0.3) is 0 Å². The molecule has 0 radical (unpaired) electrons. The Labute approximate surface area is 157 Å². The second kappa shape index (κ2) is 7.90. The average Bonchev–Trinajstić information content (AvgIpc) is 2.90. The van der Waals surface area contributed by atoms with Crippen LogP contribution in [0.4, 0.5) is 11.4 Å². The molecular formula is C20H21N3O4. The van der Waals surface area contributed by atoms with E-state index in [2.05, 4.69) is 10.6 Å². The first-order chi connectivity index (χ1) is 13.0. The molecule has 1 fully saturated rings. The molecule has 0 unspecified atom stereocenters. The van der Waals surface area contributed by atoms with Gasteiger partial charge in [0.25, 0.3) is 5.91 Å². The van der Waals surface area contributed by atoms with Crippen molar-refractivity contribution in [2.75, 3.05) is 17.7 Å². The van der Waals surface area contributed by atoms with Crippen molar-refractivity contribution in [3.8, 4) is 5.75 Å². The first-order valence-electron chi connectivity index (χ1n) is 8.58. The number of amides is 3. The van der Waals surface area contributed by atoms with Gasteiger partial charge < -0.3 is 15.4 Å². The van der Waals surface area contributed by atoms with E-state index in [0.717, 1.165) is 5.56 Å². The zero-order valence-corrected chi connectivity index (χ0v) is 15.2. The summed E-state index contributed by atoms with van der Waals surface area (Å²) in [6.45, 7) is 1.66. The van der Waals surface area contributed by atoms with Crippen LogP contribution in [0.2, 0.25) is 0 Å². The molecular weight excluding hydrogens is 346 g/mol. The number of benzene rings is 2. The summed E-state index contributed by atoms with van der Waals surface area (Å²) in [5.41, 5.74) is 2.00. The first kappa shape index (κ1) is 18.4. The number of imide groups is 1. The van der Waals surface area contributed by atoms with Gasteiger partial charge in [-0.25, -0.2) is 0 Å². The number of ether oxygens (including phenoxy) is 1. The van der Waals surface area contributed by atoms with Crippen molar-refractivity contribution in [1.82, 2.24) is 4.90 Å². The number of carbonyl (C=O) groups is 3. The topological polar surface area (TPSA) is 87.7 Å². The number of hydrogen-bond donors (Lipinski definition) is 2. The van der Waals surface area contributed by atoms with Crippen LogP contribution in [0.3, 0.4) is 0 Å². The van der Waals surface area contributed by atoms with Crippen LogP contribution in [0.1, 0.15) is 18.9 Å². The molecule has 3 amide bonds. The van der Waals surface area contributed by atoms with Gasteiger partial charge in [-0.3, -0.25) is 19.3 Å². The fourth-order valence-electron chi connectivity index (χ4n) is 3.02. The lowest BCUT2D eigenvalue weighted by Crippen LogP contribution is -2.34. The predicted molar refractivity (Wildman–Crippen MR) is 101 cm³/mol. The summed E-state index contributed by atoms with van der Waals surface area (Å²) >= 11 is 0. The average molecular weight is 367 g/mol. The summed E-state index contributed by atoms with van der Waals surface area (Å²) in [4.78, 5) is 37.6. The zero-order valence-electron chi connectivity index (χ0n) is 15.2. The fraction of sp³-hybridized carbons (Fsp3) is 0.250. The number of carbonyl (C=O) groups excluding carboxylic acids is 3. The minimum absolute atomic E-state index is 0.0686. The number of hydrogen-bond acceptors (Lipinski definition) is 5. The molecule has 0 saturated carbocycles. The van der Waals surface area contributed by atoms with E-state index in [4.69, 9.17) is 4.74 Å². The SMILES string of the molecule is COc1ccc(NC(C)=O)cc1N[C@@H]1CC(=O)N(Cc2ccccc2)C1=O. The van der Waals surface area contributed by atoms with Gasteiger partial charge >= 0.3 is 0 Å². The van der Waals surface area contributed by atoms with Crippen LogP contribution in [0, 0.1) is 0 Å². The van der Waals surface area contributed by atoms with Crippen LogP contribution < -0.4 is 15.4 Å². The highest BCUT2D eigenvalue weighted by atomic mass is 16.5. The maximum Gasteiger partial charge on any atom is 0.252 e. The van der Waals surface area contributed by atoms with Crippen molar-refractivity contribution in [2.24, 2.45) is 0 Å². The van der Waals surface area contributed by atoms with E-state index in [9.17, 15) is 14.4 Å². The smallest absolute Gasteiger partial charge is 0.252 e. The molecule has 2 N–H and O–H groups in total. The van der Waals surface area contributed by atoms with E-state index in [1.807, 2.05) is 30.3 Å². The predicted octanol–water partition coefficient (Wildman–Crippen LogP) is 2.39. The Balaban J connectivity index is 1.77. The molecule has 0 spiro atoms. The Hall–Kier alpha value is -3.35. The molecule has 3 rings (SSSR count). The molecule has 1 aliphatic rings. The van der Waals surface area contributed by atoms with E-state index in [1.165, 1.54) is 18.9 Å². The fourth-order valence-corrected chi connectivity index (χ4v) is 3.02. The maximum absolute atomic E-state index is 12.7. The van der Waals surface area contributed by atoms with E-state index < -0.39 is 6.04 Å². The van der Waals surface area contributed by atoms with Gasteiger partial charge in [-0.15, -0.1) is 0 Å². The number of nitrogens with one attached hydrogen (secondary N) is 2. The highest BCUT2D eigenvalue weighted by Gasteiger charge is 2.38. The Bertz CT molecular complexity index is 867. The normalized spacial score (nSPS) is 16.4. The highest BCUT2D eigenvalue weighted by Crippen LogP contribution is 2.30. The third-order valence-electron chi connectivity index (χ3n) is 4.28. The summed E-state index contributed by atoms with van der Waals surface area (Å²) in [7, 11) is 1.52. The summed E-state index contributed by atoms with van der Waals surface area (Å²) in [5, 5.41) is 5.77. The van der Waals surface area contributed by atoms with Crippen molar-refractivity contribution >= 4 is 29.1 Å². The van der Waals surface area contributed by atoms with Crippen molar-refractivity contribution in [1.29, 1.82) is 0 Å². The molecule has 1 heterocycles. The largest absolute Gasteiger partial charge is 0.495 e. The number of methoxy groups -OCH3 is 1. The lowest BCUT2D eigenvalue weighted by molar-refractivity contribution is -0.139. The Morgan fingerprint density at radius 3 is 2.59 bits per heavy atom. The van der Waals surface area contributed by atoms with Gasteiger partial charge in [0.15, 0.2) is 0 Å². The van der Waals surface area contributed by atoms with Crippen molar-refractivity contribution < 1.29 is 19.1 Å². The Kier molecular flexibility index (Phi) is 5.40. The third kappa shape index (κ3) is 4.25. The van der Waals surface area contributed by atoms with E-state index in [1.54, 1.807) is 18.2 Å². The van der Waals surface area contributed by atoms with Gasteiger partial charge in [-0.1, -0.05) is 30.3 Å². The minimum atomic E-state index is -0.678. The standard InChI is InChI=1S/C20H21N3O4/c1-13(24)21-15-8-9-18(27-2)16(10-15)22-17-11-19(25)23(20(17)26)12-14-6-4-3-5-7-14/h3-10,17,22H,11-12H2,1-2H3,(H,21,24)/t17-/m1/s1. The van der Waals surface area contributed by atoms with Crippen LogP contribution in [-0.4, -0.2) is 35.8 Å². The summed E-state index contributed by atoms with van der Waals surface area (Å²) in [5.74, 6) is -0.188. The second-order valence-electron chi connectivity index (χ2n) is 6.30. The van der Waals surface area contributed by atoms with Crippen LogP contribution in [-0.2, 0) is 20.9 Å². The highest BCUT2D eigenvalue weighted by molar-refractivity contribution is 6.07. The zero-order chi connectivity index (χ0) is 19.4. The molecule has 2 aromatic carbocycles. The molecule has 0 bridgehead atoms. The van der Waals surface area contributed by atoms with E-state index in [0.29, 0.717) is 17.1 Å². The van der Waals surface area contributed by atoms with Gasteiger partial charge in [0.1, 0.15) is 11.8 Å². The van der Waals surface area contributed by atoms with Crippen molar-refractivity contribution in [3.63, 3.8) is 0 Å². The molecule has 0 aromatic heterocycles. The summed E-state index contributed by atoms with van der Waals surface area (Å²) < 4.78 is 5.32. The minimum Gasteiger partial charge on any atom is -0.495 e. The summed E-state index contributed by atoms with van der Waals surface area (Å²) in [6.07, 6.45) is 0.0686. The molecule has 1 atom stereocenters. The van der Waals surface area contributed by atoms with Gasteiger partial charge in [-0.05, 0) is 23.8 Å². The Morgan fingerprint density at radius 1 is 1.19 bits per heavy atom. The number of rotatable bonds is 6. The van der Waals surface area contributed by atoms with Gasteiger partial charge in [0.2, 0.25) is 11.8 Å². The Morgan fingerprint density at radius 2 is 1.93 bits per heavy atom.